The van der Waals surface area contributed by atoms with Gasteiger partial charge in [-0.1, -0.05) is 61.9 Å². The van der Waals surface area contributed by atoms with Crippen molar-refractivity contribution in [3.05, 3.63) is 71.5 Å². The first-order valence-electron chi connectivity index (χ1n) is 9.93. The lowest BCUT2D eigenvalue weighted by molar-refractivity contribution is -0.122. The number of nitrogens with zero attached hydrogens (tertiary/aromatic N) is 4. The summed E-state index contributed by atoms with van der Waals surface area (Å²) in [4.78, 5) is 19.5. The summed E-state index contributed by atoms with van der Waals surface area (Å²) < 4.78 is 7.47. The Labute approximate surface area is 171 Å². The maximum atomic E-state index is 13.2. The molecule has 0 aliphatic carbocycles. The van der Waals surface area contributed by atoms with Crippen molar-refractivity contribution in [1.82, 2.24) is 14.8 Å². The van der Waals surface area contributed by atoms with Crippen molar-refractivity contribution >= 4 is 11.9 Å². The first kappa shape index (κ1) is 19.2. The molecular formula is C23H26N4O2. The minimum absolute atomic E-state index is 0.0447. The number of benzene rings is 2. The standard InChI is InChI=1S/C23H26N4O2/c1-15(2)22(28)26-19(17-11-9-16(3)10-12-17)13-20(27-23(26)24-14-25-27)18-7-5-6-8-21(18)29-4/h5-12,14-15,19-20H,13H2,1-4H3/t19-,20+/m0/s1. The fourth-order valence-corrected chi connectivity index (χ4v) is 4.00. The van der Waals surface area contributed by atoms with Crippen LogP contribution in [0.25, 0.3) is 0 Å². The lowest BCUT2D eigenvalue weighted by atomic mass is 9.90. The number of carbonyl (C=O) groups excluding carboxylic acids is 1. The number of methoxy groups -OCH3 is 1. The van der Waals surface area contributed by atoms with E-state index in [0.29, 0.717) is 12.4 Å². The van der Waals surface area contributed by atoms with Gasteiger partial charge in [0.1, 0.15) is 12.1 Å². The summed E-state index contributed by atoms with van der Waals surface area (Å²) in [6.45, 7) is 5.90. The molecule has 6 heteroatoms. The second-order valence-electron chi connectivity index (χ2n) is 7.79. The summed E-state index contributed by atoms with van der Waals surface area (Å²) in [5.41, 5.74) is 3.32. The molecule has 0 unspecified atom stereocenters. The Morgan fingerprint density at radius 1 is 1.10 bits per heavy atom. The number of ether oxygens (including phenoxy) is 1. The molecule has 1 aromatic heterocycles. The highest BCUT2D eigenvalue weighted by molar-refractivity contribution is 5.94. The van der Waals surface area contributed by atoms with Crippen molar-refractivity contribution in [2.24, 2.45) is 5.92 Å². The van der Waals surface area contributed by atoms with Crippen LogP contribution in [0.4, 0.5) is 5.95 Å². The highest BCUT2D eigenvalue weighted by Gasteiger charge is 2.40. The van der Waals surface area contributed by atoms with Crippen LogP contribution in [0.15, 0.2) is 54.9 Å². The molecule has 0 spiro atoms. The van der Waals surface area contributed by atoms with Crippen molar-refractivity contribution in [3.8, 4) is 5.75 Å². The maximum absolute atomic E-state index is 13.2. The highest BCUT2D eigenvalue weighted by Crippen LogP contribution is 2.44. The SMILES string of the molecule is COc1ccccc1[C@H]1C[C@@H](c2ccc(C)cc2)N(C(=O)C(C)C)c2ncnn21. The quantitative estimate of drug-likeness (QED) is 0.666. The van der Waals surface area contributed by atoms with E-state index >= 15 is 0 Å². The van der Waals surface area contributed by atoms with Gasteiger partial charge in [-0.05, 0) is 25.0 Å². The Kier molecular flexibility index (Phi) is 5.09. The van der Waals surface area contributed by atoms with Gasteiger partial charge in [0.15, 0.2) is 0 Å². The summed E-state index contributed by atoms with van der Waals surface area (Å²) >= 11 is 0. The first-order chi connectivity index (χ1) is 14.0. The Balaban J connectivity index is 1.87. The molecular weight excluding hydrogens is 364 g/mol. The van der Waals surface area contributed by atoms with Gasteiger partial charge in [0.25, 0.3) is 0 Å². The van der Waals surface area contributed by atoms with Crippen molar-refractivity contribution in [1.29, 1.82) is 0 Å². The number of fused-ring (bicyclic) bond motifs is 1. The molecule has 0 saturated carbocycles. The molecule has 1 aliphatic heterocycles. The van der Waals surface area contributed by atoms with Gasteiger partial charge < -0.3 is 4.74 Å². The zero-order chi connectivity index (χ0) is 20.5. The van der Waals surface area contributed by atoms with Crippen LogP contribution in [0.5, 0.6) is 5.75 Å². The normalized spacial score (nSPS) is 18.6. The molecule has 4 rings (SSSR count). The smallest absolute Gasteiger partial charge is 0.232 e. The Hall–Kier alpha value is -3.15. The van der Waals surface area contributed by atoms with Gasteiger partial charge in [-0.2, -0.15) is 10.1 Å². The number of carbonyl (C=O) groups is 1. The molecule has 0 saturated heterocycles. The minimum Gasteiger partial charge on any atom is -0.496 e. The zero-order valence-electron chi connectivity index (χ0n) is 17.2. The first-order valence-corrected chi connectivity index (χ1v) is 9.93. The lowest BCUT2D eigenvalue weighted by Crippen LogP contribution is -2.44. The van der Waals surface area contributed by atoms with Gasteiger partial charge in [0.05, 0.1) is 19.2 Å². The van der Waals surface area contributed by atoms with E-state index in [9.17, 15) is 4.79 Å². The fraction of sp³-hybridized carbons (Fsp3) is 0.348. The second-order valence-corrected chi connectivity index (χ2v) is 7.79. The van der Waals surface area contributed by atoms with Crippen molar-refractivity contribution < 1.29 is 9.53 Å². The summed E-state index contributed by atoms with van der Waals surface area (Å²) in [5, 5.41) is 4.48. The minimum atomic E-state index is -0.143. The number of amides is 1. The molecule has 1 amide bonds. The molecule has 3 aromatic rings. The van der Waals surface area contributed by atoms with E-state index < -0.39 is 0 Å². The largest absolute Gasteiger partial charge is 0.496 e. The average molecular weight is 390 g/mol. The fourth-order valence-electron chi connectivity index (χ4n) is 4.00. The number of anilines is 1. The highest BCUT2D eigenvalue weighted by atomic mass is 16.5. The number of aromatic nitrogens is 3. The molecule has 1 aliphatic rings. The molecule has 0 N–H and O–H groups in total. The van der Waals surface area contributed by atoms with Crippen molar-refractivity contribution in [2.75, 3.05) is 12.0 Å². The maximum Gasteiger partial charge on any atom is 0.232 e. The number of aryl methyl sites for hydroxylation is 1. The lowest BCUT2D eigenvalue weighted by Gasteiger charge is -2.40. The average Bonchev–Trinajstić information content (AvgIpc) is 3.22. The van der Waals surface area contributed by atoms with Crippen LogP contribution in [0.3, 0.4) is 0 Å². The Bertz CT molecular complexity index is 1010. The van der Waals surface area contributed by atoms with Crippen LogP contribution in [0.2, 0.25) is 0 Å². The van der Waals surface area contributed by atoms with E-state index in [1.807, 2.05) is 41.6 Å². The summed E-state index contributed by atoms with van der Waals surface area (Å²) in [5.74, 6) is 1.29. The van der Waals surface area contributed by atoms with Crippen LogP contribution >= 0.6 is 0 Å². The molecule has 6 nitrogen and oxygen atoms in total. The van der Waals surface area contributed by atoms with E-state index in [4.69, 9.17) is 4.74 Å². The summed E-state index contributed by atoms with van der Waals surface area (Å²) in [6.07, 6.45) is 2.22. The number of hydrogen-bond acceptors (Lipinski definition) is 4. The third kappa shape index (κ3) is 3.39. The van der Waals surface area contributed by atoms with Crippen LogP contribution < -0.4 is 9.64 Å². The van der Waals surface area contributed by atoms with E-state index in [-0.39, 0.29) is 23.9 Å². The van der Waals surface area contributed by atoms with Gasteiger partial charge in [-0.15, -0.1) is 0 Å². The second kappa shape index (κ2) is 7.70. The van der Waals surface area contributed by atoms with Crippen LogP contribution in [0.1, 0.15) is 49.0 Å². The van der Waals surface area contributed by atoms with E-state index in [0.717, 1.165) is 16.9 Å². The van der Waals surface area contributed by atoms with Gasteiger partial charge in [0, 0.05) is 11.5 Å². The van der Waals surface area contributed by atoms with Gasteiger partial charge in [0.2, 0.25) is 11.9 Å². The van der Waals surface area contributed by atoms with E-state index in [1.165, 1.54) is 11.9 Å². The van der Waals surface area contributed by atoms with Crippen molar-refractivity contribution in [3.63, 3.8) is 0 Å². The Morgan fingerprint density at radius 2 is 1.83 bits per heavy atom. The molecule has 0 fully saturated rings. The number of rotatable bonds is 4. The van der Waals surface area contributed by atoms with Gasteiger partial charge >= 0.3 is 0 Å². The zero-order valence-corrected chi connectivity index (χ0v) is 17.2. The van der Waals surface area contributed by atoms with E-state index in [1.54, 1.807) is 7.11 Å². The van der Waals surface area contributed by atoms with Gasteiger partial charge in [-0.3, -0.25) is 9.69 Å². The van der Waals surface area contributed by atoms with Gasteiger partial charge in [-0.25, -0.2) is 4.68 Å². The third-order valence-electron chi connectivity index (χ3n) is 5.51. The van der Waals surface area contributed by atoms with E-state index in [2.05, 4.69) is 47.3 Å². The third-order valence-corrected chi connectivity index (χ3v) is 5.51. The van der Waals surface area contributed by atoms with Crippen LogP contribution in [-0.4, -0.2) is 27.8 Å². The summed E-state index contributed by atoms with van der Waals surface area (Å²) in [6, 6.07) is 16.1. The molecule has 150 valence electrons. The predicted molar refractivity (Wildman–Crippen MR) is 112 cm³/mol. The number of para-hydroxylation sites is 1. The van der Waals surface area contributed by atoms with Crippen LogP contribution in [0, 0.1) is 12.8 Å². The molecule has 2 aromatic carbocycles. The molecule has 0 radical (unpaired) electrons. The molecule has 0 bridgehead atoms. The molecule has 2 heterocycles. The topological polar surface area (TPSA) is 60.2 Å². The number of hydrogen-bond donors (Lipinski definition) is 0. The molecule has 29 heavy (non-hydrogen) atoms. The molecule has 2 atom stereocenters. The monoisotopic (exact) mass is 390 g/mol. The summed E-state index contributed by atoms with van der Waals surface area (Å²) in [7, 11) is 1.68. The van der Waals surface area contributed by atoms with Crippen LogP contribution in [-0.2, 0) is 4.79 Å². The predicted octanol–water partition coefficient (Wildman–Crippen LogP) is 4.32. The van der Waals surface area contributed by atoms with Crippen molar-refractivity contribution in [2.45, 2.75) is 39.3 Å². The Morgan fingerprint density at radius 3 is 2.52 bits per heavy atom.